The number of fused-ring (bicyclic) bond motifs is 1. The van der Waals surface area contributed by atoms with Crippen LogP contribution in [0.3, 0.4) is 0 Å². The molecule has 4 atom stereocenters. The van der Waals surface area contributed by atoms with E-state index in [1.807, 2.05) is 0 Å². The van der Waals surface area contributed by atoms with Crippen LogP contribution in [-0.4, -0.2) is 54.6 Å². The molecule has 0 aromatic heterocycles. The summed E-state index contributed by atoms with van der Waals surface area (Å²) in [4.78, 5) is 5.40. The van der Waals surface area contributed by atoms with Crippen LogP contribution in [0.15, 0.2) is 0 Å². The Balaban J connectivity index is 1.70. The summed E-state index contributed by atoms with van der Waals surface area (Å²) in [5, 5.41) is 0. The van der Waals surface area contributed by atoms with Gasteiger partial charge in [-0.05, 0) is 64.0 Å². The molecule has 3 heteroatoms. The summed E-state index contributed by atoms with van der Waals surface area (Å²) < 4.78 is 0. The second kappa shape index (κ2) is 5.34. The largest absolute Gasteiger partial charge is 0.329 e. The van der Waals surface area contributed by atoms with Crippen LogP contribution in [0.1, 0.15) is 45.4 Å². The summed E-state index contributed by atoms with van der Waals surface area (Å²) in [6.07, 6.45) is 8.22. The smallest absolute Gasteiger partial charge is 0.0334 e. The predicted molar refractivity (Wildman–Crippen MR) is 80.1 cm³/mol. The summed E-state index contributed by atoms with van der Waals surface area (Å²) in [6.45, 7) is 7.15. The van der Waals surface area contributed by atoms with E-state index < -0.39 is 0 Å². The van der Waals surface area contributed by atoms with Gasteiger partial charge in [0.05, 0.1) is 0 Å². The van der Waals surface area contributed by atoms with Crippen LogP contribution in [0, 0.1) is 11.8 Å². The summed E-state index contributed by atoms with van der Waals surface area (Å²) in [6, 6.07) is 0.846. The van der Waals surface area contributed by atoms with Crippen LogP contribution in [0.2, 0.25) is 0 Å². The van der Waals surface area contributed by atoms with Crippen molar-refractivity contribution in [1.29, 1.82) is 0 Å². The Kier molecular flexibility index (Phi) is 3.89. The van der Waals surface area contributed by atoms with E-state index >= 15 is 0 Å². The maximum Gasteiger partial charge on any atom is 0.0334 e. The van der Waals surface area contributed by atoms with Crippen molar-refractivity contribution in [2.45, 2.75) is 57.0 Å². The van der Waals surface area contributed by atoms with Crippen LogP contribution in [-0.2, 0) is 0 Å². The lowest BCUT2D eigenvalue weighted by Gasteiger charge is -2.51. The van der Waals surface area contributed by atoms with Crippen molar-refractivity contribution in [2.75, 3.05) is 33.2 Å². The highest BCUT2D eigenvalue weighted by molar-refractivity contribution is 5.02. The van der Waals surface area contributed by atoms with E-state index in [0.717, 1.165) is 24.4 Å². The molecular formula is C16H31N3. The van der Waals surface area contributed by atoms with Gasteiger partial charge in [-0.3, -0.25) is 4.90 Å². The Morgan fingerprint density at radius 1 is 1.21 bits per heavy atom. The monoisotopic (exact) mass is 265 g/mol. The van der Waals surface area contributed by atoms with Gasteiger partial charge in [0, 0.05) is 31.2 Å². The molecule has 0 radical (unpaired) electrons. The van der Waals surface area contributed by atoms with Crippen molar-refractivity contribution in [2.24, 2.45) is 17.6 Å². The molecule has 0 aromatic carbocycles. The highest BCUT2D eigenvalue weighted by atomic mass is 15.3. The summed E-state index contributed by atoms with van der Waals surface area (Å²) in [5.41, 5.74) is 6.55. The molecule has 110 valence electrons. The number of nitrogens with two attached hydrogens (primary N) is 1. The molecule has 3 aliphatic rings. The average Bonchev–Trinajstić information content (AvgIpc) is 2.82. The quantitative estimate of drug-likeness (QED) is 0.828. The first-order chi connectivity index (χ1) is 9.14. The average molecular weight is 265 g/mol. The van der Waals surface area contributed by atoms with E-state index in [1.165, 1.54) is 58.2 Å². The third-order valence-corrected chi connectivity index (χ3v) is 6.23. The Morgan fingerprint density at radius 2 is 2.05 bits per heavy atom. The topological polar surface area (TPSA) is 32.5 Å². The molecule has 3 nitrogen and oxygen atoms in total. The van der Waals surface area contributed by atoms with Gasteiger partial charge in [0.15, 0.2) is 0 Å². The number of rotatable bonds is 2. The van der Waals surface area contributed by atoms with E-state index in [0.29, 0.717) is 5.54 Å². The van der Waals surface area contributed by atoms with Crippen molar-refractivity contribution in [3.8, 4) is 0 Å². The lowest BCUT2D eigenvalue weighted by Crippen LogP contribution is -2.60. The predicted octanol–water partition coefficient (Wildman–Crippen LogP) is 1.92. The zero-order valence-electron chi connectivity index (χ0n) is 12.8. The van der Waals surface area contributed by atoms with Crippen LogP contribution in [0.5, 0.6) is 0 Å². The van der Waals surface area contributed by atoms with E-state index in [-0.39, 0.29) is 0 Å². The summed E-state index contributed by atoms with van der Waals surface area (Å²) in [7, 11) is 2.32. The molecule has 2 saturated heterocycles. The standard InChI is InChI=1S/C16H31N3/c1-13-5-7-16(10-13,12-17)19-9-6-15-14(11-19)4-3-8-18(15)2/h13-15H,3-12,17H2,1-2H3. The molecule has 4 unspecified atom stereocenters. The minimum absolute atomic E-state index is 0.348. The SMILES string of the molecule is CC1CCC(CN)(N2CCC3C(CCCN3C)C2)C1. The van der Waals surface area contributed by atoms with Crippen LogP contribution >= 0.6 is 0 Å². The fraction of sp³-hybridized carbons (Fsp3) is 1.00. The molecule has 0 amide bonds. The zero-order valence-corrected chi connectivity index (χ0v) is 12.8. The molecule has 3 fully saturated rings. The van der Waals surface area contributed by atoms with Gasteiger partial charge < -0.3 is 10.6 Å². The zero-order chi connectivity index (χ0) is 13.5. The second-order valence-corrected chi connectivity index (χ2v) is 7.46. The minimum atomic E-state index is 0.348. The molecule has 2 N–H and O–H groups in total. The maximum atomic E-state index is 6.21. The van der Waals surface area contributed by atoms with Gasteiger partial charge in [-0.2, -0.15) is 0 Å². The molecule has 0 aromatic rings. The fourth-order valence-corrected chi connectivity index (χ4v) is 5.05. The van der Waals surface area contributed by atoms with Gasteiger partial charge in [-0.15, -0.1) is 0 Å². The first-order valence-electron chi connectivity index (χ1n) is 8.30. The molecule has 19 heavy (non-hydrogen) atoms. The first kappa shape index (κ1) is 13.8. The van der Waals surface area contributed by atoms with Crippen molar-refractivity contribution >= 4 is 0 Å². The molecule has 0 bridgehead atoms. The number of likely N-dealkylation sites (tertiary alicyclic amines) is 2. The van der Waals surface area contributed by atoms with Crippen LogP contribution in [0.25, 0.3) is 0 Å². The Hall–Kier alpha value is -0.120. The van der Waals surface area contributed by atoms with Crippen LogP contribution in [0.4, 0.5) is 0 Å². The van der Waals surface area contributed by atoms with Crippen molar-refractivity contribution < 1.29 is 0 Å². The molecule has 1 saturated carbocycles. The Bertz CT molecular complexity index is 319. The lowest BCUT2D eigenvalue weighted by atomic mass is 9.81. The van der Waals surface area contributed by atoms with Gasteiger partial charge in [-0.1, -0.05) is 6.92 Å². The normalized spacial score (nSPS) is 45.3. The van der Waals surface area contributed by atoms with E-state index in [9.17, 15) is 0 Å². The second-order valence-electron chi connectivity index (χ2n) is 7.46. The molecule has 0 spiro atoms. The van der Waals surface area contributed by atoms with Gasteiger partial charge >= 0.3 is 0 Å². The number of hydrogen-bond donors (Lipinski definition) is 1. The first-order valence-corrected chi connectivity index (χ1v) is 8.30. The highest BCUT2D eigenvalue weighted by Crippen LogP contribution is 2.41. The molecule has 2 aliphatic heterocycles. The minimum Gasteiger partial charge on any atom is -0.329 e. The third-order valence-electron chi connectivity index (χ3n) is 6.23. The Morgan fingerprint density at radius 3 is 2.74 bits per heavy atom. The molecule has 1 aliphatic carbocycles. The van der Waals surface area contributed by atoms with E-state index in [4.69, 9.17) is 5.73 Å². The van der Waals surface area contributed by atoms with Crippen molar-refractivity contribution in [3.63, 3.8) is 0 Å². The number of hydrogen-bond acceptors (Lipinski definition) is 3. The molecule has 3 rings (SSSR count). The van der Waals surface area contributed by atoms with Gasteiger partial charge in [0.1, 0.15) is 0 Å². The maximum absolute atomic E-state index is 6.21. The highest BCUT2D eigenvalue weighted by Gasteiger charge is 2.45. The van der Waals surface area contributed by atoms with Gasteiger partial charge in [0.2, 0.25) is 0 Å². The number of nitrogens with zero attached hydrogens (tertiary/aromatic N) is 2. The van der Waals surface area contributed by atoms with E-state index in [1.54, 1.807) is 0 Å². The van der Waals surface area contributed by atoms with E-state index in [2.05, 4.69) is 23.8 Å². The van der Waals surface area contributed by atoms with Crippen molar-refractivity contribution in [3.05, 3.63) is 0 Å². The summed E-state index contributed by atoms with van der Waals surface area (Å²) >= 11 is 0. The van der Waals surface area contributed by atoms with Gasteiger partial charge in [-0.25, -0.2) is 0 Å². The molecule has 2 heterocycles. The third kappa shape index (κ3) is 2.45. The van der Waals surface area contributed by atoms with Crippen LogP contribution < -0.4 is 5.73 Å². The lowest BCUT2D eigenvalue weighted by molar-refractivity contribution is -0.0132. The van der Waals surface area contributed by atoms with Gasteiger partial charge in [0.25, 0.3) is 0 Å². The molecular weight excluding hydrogens is 234 g/mol. The number of piperidine rings is 2. The van der Waals surface area contributed by atoms with Crippen molar-refractivity contribution in [1.82, 2.24) is 9.80 Å². The Labute approximate surface area is 118 Å². The fourth-order valence-electron chi connectivity index (χ4n) is 5.05. The summed E-state index contributed by atoms with van der Waals surface area (Å²) in [5.74, 6) is 1.77.